The molecule has 3 rings (SSSR count). The van der Waals surface area contributed by atoms with Crippen LogP contribution in [0.5, 0.6) is 17.2 Å². The Morgan fingerprint density at radius 2 is 1.97 bits per heavy atom. The van der Waals surface area contributed by atoms with Gasteiger partial charge in [0.25, 0.3) is 0 Å². The maximum absolute atomic E-state index is 11.1. The number of aromatic nitrogens is 2. The molecule has 0 aliphatic heterocycles. The Morgan fingerprint density at radius 1 is 1.16 bits per heavy atom. The van der Waals surface area contributed by atoms with Crippen LogP contribution in [0.15, 0.2) is 36.7 Å². The molecule has 170 valence electrons. The van der Waals surface area contributed by atoms with Gasteiger partial charge in [-0.05, 0) is 37.1 Å². The number of amides is 1. The summed E-state index contributed by atoms with van der Waals surface area (Å²) in [4.78, 5) is 21.3. The maximum atomic E-state index is 11.1. The Labute approximate surface area is 190 Å². The highest BCUT2D eigenvalue weighted by atomic mass is 35.5. The molecule has 9 nitrogen and oxygen atoms in total. The predicted molar refractivity (Wildman–Crippen MR) is 122 cm³/mol. The van der Waals surface area contributed by atoms with E-state index in [2.05, 4.69) is 15.3 Å². The van der Waals surface area contributed by atoms with Crippen LogP contribution in [0.2, 0.25) is 5.02 Å². The summed E-state index contributed by atoms with van der Waals surface area (Å²) < 4.78 is 11.4. The second-order valence-electron chi connectivity index (χ2n) is 6.95. The number of hydrogen-bond acceptors (Lipinski definition) is 8. The van der Waals surface area contributed by atoms with Crippen LogP contribution in [-0.2, 0) is 4.79 Å². The molecule has 1 aromatic heterocycles. The molecule has 1 heterocycles. The molecule has 0 bridgehead atoms. The average Bonchev–Trinajstić information content (AvgIpc) is 2.80. The van der Waals surface area contributed by atoms with Crippen LogP contribution < -0.4 is 14.8 Å². The molecule has 3 aromatic rings. The van der Waals surface area contributed by atoms with Gasteiger partial charge in [-0.15, -0.1) is 0 Å². The number of rotatable bonds is 12. The highest BCUT2D eigenvalue weighted by molar-refractivity contribution is 6.32. The lowest BCUT2D eigenvalue weighted by atomic mass is 10.2. The van der Waals surface area contributed by atoms with E-state index in [1.54, 1.807) is 36.3 Å². The number of aromatic hydroxyl groups is 1. The zero-order valence-corrected chi connectivity index (χ0v) is 18.4. The molecular formula is C22H25ClN4O5. The molecule has 0 unspecified atom stereocenters. The van der Waals surface area contributed by atoms with Crippen molar-refractivity contribution in [1.82, 2.24) is 14.9 Å². The summed E-state index contributed by atoms with van der Waals surface area (Å²) in [5.74, 6) is 1.59. The largest absolute Gasteiger partial charge is 0.506 e. The highest BCUT2D eigenvalue weighted by Crippen LogP contribution is 2.35. The summed E-state index contributed by atoms with van der Waals surface area (Å²) in [6.45, 7) is 1.45. The van der Waals surface area contributed by atoms with E-state index >= 15 is 0 Å². The van der Waals surface area contributed by atoms with E-state index in [-0.39, 0.29) is 17.4 Å². The van der Waals surface area contributed by atoms with E-state index < -0.39 is 0 Å². The third-order valence-electron chi connectivity index (χ3n) is 4.73. The number of phenolic OH excluding ortho intramolecular Hbond substituents is 1. The standard InChI is InChI=1S/C22H25ClN4O5/c1-31-20-12-18-16(11-21(20)32-9-3-7-27(14-29)6-2-8-28)22(25-13-24-18)26-15-4-5-19(30)17(23)10-15/h4-5,10-14,28,30H,2-3,6-9H2,1H3,(H,24,25,26). The number of nitrogens with one attached hydrogen (secondary N) is 1. The maximum Gasteiger partial charge on any atom is 0.209 e. The van der Waals surface area contributed by atoms with Crippen LogP contribution >= 0.6 is 11.6 Å². The second kappa shape index (κ2) is 11.4. The van der Waals surface area contributed by atoms with Crippen molar-refractivity contribution in [3.8, 4) is 17.2 Å². The van der Waals surface area contributed by atoms with E-state index in [4.69, 9.17) is 26.2 Å². The van der Waals surface area contributed by atoms with Crippen LogP contribution in [0.25, 0.3) is 10.9 Å². The number of aliphatic hydroxyl groups is 1. The minimum Gasteiger partial charge on any atom is -0.506 e. The van der Waals surface area contributed by atoms with Crippen molar-refractivity contribution >= 4 is 40.4 Å². The molecule has 32 heavy (non-hydrogen) atoms. The van der Waals surface area contributed by atoms with E-state index in [0.717, 1.165) is 6.41 Å². The molecular weight excluding hydrogens is 436 g/mol. The molecule has 1 amide bonds. The van der Waals surface area contributed by atoms with Crippen molar-refractivity contribution in [2.24, 2.45) is 0 Å². The van der Waals surface area contributed by atoms with Gasteiger partial charge in [0.2, 0.25) is 6.41 Å². The van der Waals surface area contributed by atoms with Crippen LogP contribution in [0.3, 0.4) is 0 Å². The number of anilines is 2. The zero-order valence-electron chi connectivity index (χ0n) is 17.6. The summed E-state index contributed by atoms with van der Waals surface area (Å²) in [6.07, 6.45) is 3.37. The van der Waals surface area contributed by atoms with Gasteiger partial charge < -0.3 is 29.9 Å². The van der Waals surface area contributed by atoms with Gasteiger partial charge in [-0.1, -0.05) is 11.6 Å². The number of fused-ring (bicyclic) bond motifs is 1. The fourth-order valence-corrected chi connectivity index (χ4v) is 3.28. The summed E-state index contributed by atoms with van der Waals surface area (Å²) in [7, 11) is 1.55. The number of nitrogens with zero attached hydrogens (tertiary/aromatic N) is 3. The molecule has 0 spiro atoms. The molecule has 0 aliphatic rings. The number of ether oxygens (including phenoxy) is 2. The van der Waals surface area contributed by atoms with Gasteiger partial charge >= 0.3 is 0 Å². The predicted octanol–water partition coefficient (Wildman–Crippen LogP) is 3.35. The minimum atomic E-state index is -0.00492. The van der Waals surface area contributed by atoms with Crippen molar-refractivity contribution in [2.45, 2.75) is 12.8 Å². The Balaban J connectivity index is 1.76. The van der Waals surface area contributed by atoms with Gasteiger partial charge in [-0.2, -0.15) is 0 Å². The molecule has 2 aromatic carbocycles. The molecule has 0 saturated carbocycles. The summed E-state index contributed by atoms with van der Waals surface area (Å²) in [5.41, 5.74) is 1.32. The Hall–Kier alpha value is -3.30. The van der Waals surface area contributed by atoms with Crippen molar-refractivity contribution in [2.75, 3.05) is 38.7 Å². The zero-order chi connectivity index (χ0) is 22.9. The summed E-state index contributed by atoms with van der Waals surface area (Å²) >= 11 is 6.00. The molecule has 0 radical (unpaired) electrons. The summed E-state index contributed by atoms with van der Waals surface area (Å²) in [6, 6.07) is 8.34. The highest BCUT2D eigenvalue weighted by Gasteiger charge is 2.13. The van der Waals surface area contributed by atoms with Gasteiger partial charge in [0.1, 0.15) is 17.9 Å². The minimum absolute atomic E-state index is 0.00492. The third-order valence-corrected chi connectivity index (χ3v) is 5.03. The van der Waals surface area contributed by atoms with Crippen LogP contribution in [0.1, 0.15) is 12.8 Å². The first-order chi connectivity index (χ1) is 15.5. The number of carbonyl (C=O) groups excluding carboxylic acids is 1. The molecule has 0 saturated heterocycles. The number of halogens is 1. The first kappa shape index (κ1) is 23.4. The van der Waals surface area contributed by atoms with Crippen LogP contribution in [0, 0.1) is 0 Å². The molecule has 0 atom stereocenters. The first-order valence-corrected chi connectivity index (χ1v) is 10.4. The van der Waals surface area contributed by atoms with E-state index in [0.29, 0.717) is 66.4 Å². The van der Waals surface area contributed by atoms with Crippen molar-refractivity contribution in [3.05, 3.63) is 41.7 Å². The monoisotopic (exact) mass is 460 g/mol. The van der Waals surface area contributed by atoms with E-state index in [9.17, 15) is 9.90 Å². The lowest BCUT2D eigenvalue weighted by Gasteiger charge is -2.17. The Morgan fingerprint density at radius 3 is 2.69 bits per heavy atom. The van der Waals surface area contributed by atoms with Crippen LogP contribution in [-0.4, -0.2) is 64.9 Å². The number of methoxy groups -OCH3 is 1. The Kier molecular flexibility index (Phi) is 8.29. The number of benzene rings is 2. The number of carbonyl (C=O) groups is 1. The van der Waals surface area contributed by atoms with E-state index in [1.165, 1.54) is 12.4 Å². The molecule has 0 aliphatic carbocycles. The third kappa shape index (κ3) is 5.89. The SMILES string of the molecule is COc1cc2ncnc(Nc3ccc(O)c(Cl)c3)c2cc1OCCCN(C=O)CCCO. The number of hydrogen-bond donors (Lipinski definition) is 3. The first-order valence-electron chi connectivity index (χ1n) is 10.1. The van der Waals surface area contributed by atoms with Crippen LogP contribution in [0.4, 0.5) is 11.5 Å². The van der Waals surface area contributed by atoms with Gasteiger partial charge in [-0.25, -0.2) is 9.97 Å². The quantitative estimate of drug-likeness (QED) is 0.214. The van der Waals surface area contributed by atoms with E-state index in [1.807, 2.05) is 0 Å². The number of aliphatic hydroxyl groups excluding tert-OH is 1. The van der Waals surface area contributed by atoms with Crippen molar-refractivity contribution < 1.29 is 24.5 Å². The molecule has 10 heteroatoms. The van der Waals surface area contributed by atoms with Gasteiger partial charge in [-0.3, -0.25) is 4.79 Å². The molecule has 0 fully saturated rings. The van der Waals surface area contributed by atoms with Gasteiger partial charge in [0, 0.05) is 36.8 Å². The smallest absolute Gasteiger partial charge is 0.209 e. The normalized spacial score (nSPS) is 10.7. The summed E-state index contributed by atoms with van der Waals surface area (Å²) in [5, 5.41) is 22.6. The van der Waals surface area contributed by atoms with Gasteiger partial charge in [0.15, 0.2) is 11.5 Å². The number of phenols is 1. The lowest BCUT2D eigenvalue weighted by Crippen LogP contribution is -2.26. The topological polar surface area (TPSA) is 117 Å². The average molecular weight is 461 g/mol. The van der Waals surface area contributed by atoms with Gasteiger partial charge in [0.05, 0.1) is 24.3 Å². The lowest BCUT2D eigenvalue weighted by molar-refractivity contribution is -0.118. The second-order valence-corrected chi connectivity index (χ2v) is 7.36. The Bertz CT molecular complexity index is 1070. The fourth-order valence-electron chi connectivity index (χ4n) is 3.10. The van der Waals surface area contributed by atoms with Crippen molar-refractivity contribution in [3.63, 3.8) is 0 Å². The fraction of sp³-hybridized carbons (Fsp3) is 0.318. The van der Waals surface area contributed by atoms with Crippen molar-refractivity contribution in [1.29, 1.82) is 0 Å². The molecule has 3 N–H and O–H groups in total.